The lowest BCUT2D eigenvalue weighted by atomic mass is 10.2. The van der Waals surface area contributed by atoms with Crippen LogP contribution in [-0.2, 0) is 10.8 Å². The van der Waals surface area contributed by atoms with Crippen LogP contribution in [-0.4, -0.2) is 8.55 Å². The molecule has 134 valence electrons. The molecule has 1 atom stereocenters. The molecule has 2 nitrogen and oxygen atoms in total. The summed E-state index contributed by atoms with van der Waals surface area (Å²) in [7, 11) is -2.06. The molecule has 0 spiro atoms. The number of aryl methyl sites for hydroxylation is 1. The van der Waals surface area contributed by atoms with Crippen LogP contribution in [0.1, 0.15) is 5.56 Å². The highest BCUT2D eigenvalue weighted by Crippen LogP contribution is 2.39. The lowest BCUT2D eigenvalue weighted by molar-refractivity contribution is 0.680. The van der Waals surface area contributed by atoms with E-state index < -0.39 is 18.9 Å². The molecule has 0 N–H and O–H groups in total. The summed E-state index contributed by atoms with van der Waals surface area (Å²) < 4.78 is 15.5. The Bertz CT molecular complexity index is 1000. The smallest absolute Gasteiger partial charge is 0.115 e. The van der Waals surface area contributed by atoms with Gasteiger partial charge in [0, 0.05) is 21.7 Å². The number of nitrogens with zero attached hydrogens (tertiary/aromatic N) is 1. The monoisotopic (exact) mass is 389 g/mol. The molecular formula is C23H20NOPS. The van der Waals surface area contributed by atoms with Crippen molar-refractivity contribution in [3.8, 4) is 0 Å². The van der Waals surface area contributed by atoms with Crippen LogP contribution in [0.2, 0.25) is 0 Å². The maximum atomic E-state index is 13.3. The van der Waals surface area contributed by atoms with Gasteiger partial charge in [0.05, 0.1) is 8.07 Å². The Hall–Kier alpha value is -2.48. The molecule has 1 heterocycles. The van der Waals surface area contributed by atoms with Gasteiger partial charge in [-0.05, 0) is 31.2 Å². The Balaban J connectivity index is 1.82. The third-order valence-electron chi connectivity index (χ3n) is 4.33. The highest BCUT2D eigenvalue weighted by molar-refractivity contribution is 7.85. The van der Waals surface area contributed by atoms with Crippen molar-refractivity contribution < 1.29 is 4.21 Å². The summed E-state index contributed by atoms with van der Waals surface area (Å²) in [4.78, 5) is 0.830. The van der Waals surface area contributed by atoms with Crippen molar-refractivity contribution >= 4 is 29.5 Å². The first-order valence-corrected chi connectivity index (χ1v) is 11.2. The van der Waals surface area contributed by atoms with E-state index in [0.29, 0.717) is 0 Å². The second kappa shape index (κ2) is 8.04. The van der Waals surface area contributed by atoms with Crippen LogP contribution in [0, 0.1) is 6.92 Å². The van der Waals surface area contributed by atoms with Crippen LogP contribution < -0.4 is 10.6 Å². The maximum absolute atomic E-state index is 13.3. The number of hydrogen-bond acceptors (Lipinski definition) is 1. The van der Waals surface area contributed by atoms with Crippen molar-refractivity contribution in [2.24, 2.45) is 0 Å². The number of benzene rings is 3. The van der Waals surface area contributed by atoms with Gasteiger partial charge in [-0.1, -0.05) is 78.4 Å². The average molecular weight is 389 g/mol. The van der Waals surface area contributed by atoms with Crippen molar-refractivity contribution in [2.45, 2.75) is 16.8 Å². The molecule has 4 heteroatoms. The maximum Gasteiger partial charge on any atom is 0.115 e. The van der Waals surface area contributed by atoms with Gasteiger partial charge in [0.2, 0.25) is 0 Å². The Kier molecular flexibility index (Phi) is 5.33. The molecule has 0 saturated carbocycles. The van der Waals surface area contributed by atoms with Gasteiger partial charge in [0.15, 0.2) is 0 Å². The lowest BCUT2D eigenvalue weighted by Gasteiger charge is -2.22. The molecule has 0 radical (unpaired) electrons. The van der Waals surface area contributed by atoms with Gasteiger partial charge >= 0.3 is 0 Å². The van der Waals surface area contributed by atoms with E-state index in [1.807, 2.05) is 61.7 Å². The first-order valence-electron chi connectivity index (χ1n) is 8.80. The van der Waals surface area contributed by atoms with Crippen LogP contribution >= 0.6 is 8.07 Å². The molecule has 27 heavy (non-hydrogen) atoms. The van der Waals surface area contributed by atoms with E-state index in [-0.39, 0.29) is 0 Å². The summed E-state index contributed by atoms with van der Waals surface area (Å²) in [6.07, 6.45) is 2.05. The summed E-state index contributed by atoms with van der Waals surface area (Å²) in [5, 5.41) is 3.30. The van der Waals surface area contributed by atoms with Crippen LogP contribution in [0.25, 0.3) is 0 Å². The van der Waals surface area contributed by atoms with E-state index >= 15 is 0 Å². The fourth-order valence-electron chi connectivity index (χ4n) is 2.99. The summed E-state index contributed by atoms with van der Waals surface area (Å²) in [6.45, 7) is 2.04. The average Bonchev–Trinajstić information content (AvgIpc) is 3.19. The van der Waals surface area contributed by atoms with Gasteiger partial charge < -0.3 is 4.34 Å². The molecular weight excluding hydrogens is 369 g/mol. The van der Waals surface area contributed by atoms with Crippen molar-refractivity contribution in [1.29, 1.82) is 0 Å². The number of aromatic nitrogens is 1. The molecule has 0 fully saturated rings. The SMILES string of the molecule is Cc1ccc([S@](=O)c2cccn2P(c2ccccc2)c2ccccc2)cc1. The molecule has 4 aromatic rings. The van der Waals surface area contributed by atoms with Crippen LogP contribution in [0.15, 0.2) is 113 Å². The molecule has 0 aliphatic heterocycles. The molecule has 0 bridgehead atoms. The highest BCUT2D eigenvalue weighted by Gasteiger charge is 2.21. The molecule has 0 amide bonds. The van der Waals surface area contributed by atoms with E-state index in [1.165, 1.54) is 16.2 Å². The molecule has 1 aromatic heterocycles. The van der Waals surface area contributed by atoms with Gasteiger partial charge in [-0.15, -0.1) is 0 Å². The van der Waals surface area contributed by atoms with Crippen LogP contribution in [0.4, 0.5) is 0 Å². The van der Waals surface area contributed by atoms with E-state index in [1.54, 1.807) is 0 Å². The summed E-state index contributed by atoms with van der Waals surface area (Å²) in [6, 6.07) is 32.8. The highest BCUT2D eigenvalue weighted by atomic mass is 32.2. The van der Waals surface area contributed by atoms with Gasteiger partial charge in [0.1, 0.15) is 15.8 Å². The minimum absolute atomic E-state index is 0.830. The molecule has 0 unspecified atom stereocenters. The van der Waals surface area contributed by atoms with E-state index in [0.717, 1.165) is 9.92 Å². The summed E-state index contributed by atoms with van der Waals surface area (Å²) >= 11 is 0. The Morgan fingerprint density at radius 3 is 1.81 bits per heavy atom. The normalized spacial score (nSPS) is 12.2. The topological polar surface area (TPSA) is 22.0 Å². The minimum Gasteiger partial charge on any atom is -0.310 e. The van der Waals surface area contributed by atoms with Crippen LogP contribution in [0.5, 0.6) is 0 Å². The minimum atomic E-state index is -1.22. The second-order valence-corrected chi connectivity index (χ2v) is 9.77. The zero-order valence-corrected chi connectivity index (χ0v) is 16.7. The first-order chi connectivity index (χ1) is 13.2. The molecule has 0 saturated heterocycles. The van der Waals surface area contributed by atoms with Crippen molar-refractivity contribution in [1.82, 2.24) is 4.34 Å². The third kappa shape index (κ3) is 3.80. The van der Waals surface area contributed by atoms with Gasteiger partial charge in [-0.2, -0.15) is 0 Å². The number of hydrogen-bond donors (Lipinski definition) is 0. The largest absolute Gasteiger partial charge is 0.310 e. The van der Waals surface area contributed by atoms with E-state index in [4.69, 9.17) is 0 Å². The Morgan fingerprint density at radius 2 is 1.26 bits per heavy atom. The molecule has 0 aliphatic carbocycles. The predicted molar refractivity (Wildman–Crippen MR) is 115 cm³/mol. The van der Waals surface area contributed by atoms with Gasteiger partial charge in [0.25, 0.3) is 0 Å². The summed E-state index contributed by atoms with van der Waals surface area (Å²) in [5.74, 6) is 0. The Morgan fingerprint density at radius 1 is 0.704 bits per heavy atom. The van der Waals surface area contributed by atoms with Gasteiger partial charge in [-0.25, -0.2) is 4.21 Å². The lowest BCUT2D eigenvalue weighted by Crippen LogP contribution is -2.18. The predicted octanol–water partition coefficient (Wildman–Crippen LogP) is 4.86. The van der Waals surface area contributed by atoms with E-state index in [2.05, 4.69) is 52.9 Å². The first kappa shape index (κ1) is 17.9. The standard InChI is InChI=1S/C23H20NOPS/c1-19-14-16-22(17-15-19)27(25)23-13-8-18-24(23)26(20-9-4-2-5-10-20)21-11-6-3-7-12-21/h2-18H,1H3/t27-/m0/s1. The van der Waals surface area contributed by atoms with E-state index in [9.17, 15) is 4.21 Å². The zero-order valence-electron chi connectivity index (χ0n) is 15.0. The molecule has 0 aliphatic rings. The third-order valence-corrected chi connectivity index (χ3v) is 8.24. The fraction of sp³-hybridized carbons (Fsp3) is 0.0435. The van der Waals surface area contributed by atoms with Crippen molar-refractivity contribution in [3.63, 3.8) is 0 Å². The molecule has 4 rings (SSSR count). The fourth-order valence-corrected chi connectivity index (χ4v) is 6.69. The quantitative estimate of drug-likeness (QED) is 0.447. The summed E-state index contributed by atoms with van der Waals surface area (Å²) in [5.41, 5.74) is 1.17. The Labute approximate surface area is 163 Å². The van der Waals surface area contributed by atoms with Gasteiger partial charge in [-0.3, -0.25) is 0 Å². The zero-order chi connectivity index (χ0) is 18.6. The van der Waals surface area contributed by atoms with Crippen molar-refractivity contribution in [2.75, 3.05) is 0 Å². The van der Waals surface area contributed by atoms with Crippen LogP contribution in [0.3, 0.4) is 0 Å². The molecule has 3 aromatic carbocycles. The number of rotatable bonds is 5. The second-order valence-electron chi connectivity index (χ2n) is 6.26. The van der Waals surface area contributed by atoms with Crippen molar-refractivity contribution in [3.05, 3.63) is 109 Å².